The first kappa shape index (κ1) is 41.3. The van der Waals surface area contributed by atoms with Crippen molar-refractivity contribution in [2.45, 2.75) is 84.1 Å². The van der Waals surface area contributed by atoms with Gasteiger partial charge in [-0.3, -0.25) is 4.79 Å². The molecule has 1 amide bonds. The van der Waals surface area contributed by atoms with Crippen LogP contribution in [0, 0.1) is 34.3 Å². The summed E-state index contributed by atoms with van der Waals surface area (Å²) in [5, 5.41) is 17.0. The number of nitrogens with zero attached hydrogens (tertiary/aromatic N) is 1. The van der Waals surface area contributed by atoms with Crippen LogP contribution in [0.25, 0.3) is 0 Å². The third-order valence-corrected chi connectivity index (χ3v) is 9.40. The number of carbonyl (C=O) groups is 3. The first-order valence-corrected chi connectivity index (χ1v) is 17.8. The largest absolute Gasteiger partial charge is 0.511 e. The van der Waals surface area contributed by atoms with Crippen molar-refractivity contribution in [3.05, 3.63) is 93.0 Å². The van der Waals surface area contributed by atoms with Gasteiger partial charge in [0.15, 0.2) is 0 Å². The topological polar surface area (TPSA) is 136 Å². The molecule has 1 heterocycles. The molecule has 14 heteroatoms. The van der Waals surface area contributed by atoms with E-state index in [9.17, 15) is 19.6 Å². The molecule has 4 rings (SSSR count). The summed E-state index contributed by atoms with van der Waals surface area (Å²) < 4.78 is 52.7. The summed E-state index contributed by atoms with van der Waals surface area (Å²) >= 11 is 12.3. The molecule has 1 fully saturated rings. The van der Waals surface area contributed by atoms with Crippen molar-refractivity contribution in [2.75, 3.05) is 19.0 Å². The van der Waals surface area contributed by atoms with Crippen LogP contribution in [0.3, 0.4) is 0 Å². The zero-order chi connectivity index (χ0) is 39.2. The number of hydrogen-bond acceptors (Lipinski definition) is 9. The predicted molar refractivity (Wildman–Crippen MR) is 196 cm³/mol. The van der Waals surface area contributed by atoms with Gasteiger partial charge < -0.3 is 29.6 Å². The van der Waals surface area contributed by atoms with Gasteiger partial charge in [-0.1, -0.05) is 76.0 Å². The molecule has 1 aliphatic heterocycles. The Labute approximate surface area is 318 Å². The number of ether oxygens (including phenoxy) is 4. The number of methoxy groups -OCH3 is 1. The number of nitriles is 1. The normalized spacial score (nSPS) is 20.3. The van der Waals surface area contributed by atoms with Gasteiger partial charge in [0.25, 0.3) is 0 Å². The van der Waals surface area contributed by atoms with Crippen molar-refractivity contribution >= 4 is 46.9 Å². The third-order valence-electron chi connectivity index (χ3n) is 8.88. The molecule has 0 aliphatic carbocycles. The molecule has 5 atom stereocenters. The number of esters is 1. The van der Waals surface area contributed by atoms with E-state index in [-0.39, 0.29) is 51.2 Å². The van der Waals surface area contributed by atoms with E-state index in [2.05, 4.69) is 16.7 Å². The number of rotatable bonds is 12. The van der Waals surface area contributed by atoms with Crippen molar-refractivity contribution in [3.63, 3.8) is 0 Å². The summed E-state index contributed by atoms with van der Waals surface area (Å²) in [5.74, 6) is -4.13. The highest BCUT2D eigenvalue weighted by Crippen LogP contribution is 2.53. The SMILES string of the molecule is COc1cc(C(=O)OC(C)OC(=O)OCCC(C)C)ccc1NC(=O)[C@@H]1N[C@@H](CC(C)(C)C)[C@](C#N)(c2ccc(Cl)cc2F)[C@H]1c1cccc(Cl)c1F. The van der Waals surface area contributed by atoms with Crippen molar-refractivity contribution < 1.29 is 42.1 Å². The standard InChI is InChI=1S/C39H43Cl2F2N3O7/c1-21(2)15-16-51-37(49)53-22(3)52-36(48)23-11-14-29(30(17-23)50-7)45-35(47)34-32(25-9-8-10-27(41)33(25)43)39(20-44,31(46-34)19-38(4,5)6)26-13-12-24(40)18-28(26)42/h8-14,17-18,21-22,31-32,34,46H,15-16,19H2,1-7H3,(H,45,47)/t22?,31-,32-,34+,39-/m0/s1. The molecule has 1 aliphatic rings. The lowest BCUT2D eigenvalue weighted by molar-refractivity contribution is -0.118. The molecule has 3 aromatic rings. The Kier molecular flexibility index (Phi) is 13.4. The lowest BCUT2D eigenvalue weighted by Crippen LogP contribution is -2.45. The maximum absolute atomic E-state index is 16.0. The summed E-state index contributed by atoms with van der Waals surface area (Å²) in [7, 11) is 1.32. The number of benzene rings is 3. The Morgan fingerprint density at radius 3 is 2.38 bits per heavy atom. The summed E-state index contributed by atoms with van der Waals surface area (Å²) in [5.41, 5.74) is -2.26. The van der Waals surface area contributed by atoms with Crippen LogP contribution in [0.5, 0.6) is 5.75 Å². The highest BCUT2D eigenvalue weighted by atomic mass is 35.5. The van der Waals surface area contributed by atoms with E-state index < -0.39 is 64.8 Å². The molecule has 2 N–H and O–H groups in total. The number of nitrogens with one attached hydrogen (secondary N) is 2. The number of amides is 1. The van der Waals surface area contributed by atoms with Crippen LogP contribution in [0.2, 0.25) is 10.0 Å². The first-order valence-electron chi connectivity index (χ1n) is 17.0. The average molecular weight is 775 g/mol. The van der Waals surface area contributed by atoms with Gasteiger partial charge in [0, 0.05) is 29.5 Å². The fourth-order valence-electron chi connectivity index (χ4n) is 6.48. The van der Waals surface area contributed by atoms with E-state index in [1.54, 1.807) is 0 Å². The van der Waals surface area contributed by atoms with Crippen molar-refractivity contribution in [2.24, 2.45) is 11.3 Å². The Hall–Kier alpha value is -4.44. The molecule has 284 valence electrons. The molecule has 53 heavy (non-hydrogen) atoms. The van der Waals surface area contributed by atoms with Gasteiger partial charge in [-0.2, -0.15) is 5.26 Å². The zero-order valence-corrected chi connectivity index (χ0v) is 32.0. The van der Waals surface area contributed by atoms with E-state index in [4.69, 9.17) is 42.1 Å². The van der Waals surface area contributed by atoms with Crippen LogP contribution in [0.4, 0.5) is 19.3 Å². The van der Waals surface area contributed by atoms with E-state index in [1.165, 1.54) is 62.6 Å². The number of carbonyl (C=O) groups excluding carboxylic acids is 3. The Bertz CT molecular complexity index is 1880. The van der Waals surface area contributed by atoms with Crippen LogP contribution in [0.1, 0.15) is 81.8 Å². The molecule has 10 nitrogen and oxygen atoms in total. The number of halogens is 4. The van der Waals surface area contributed by atoms with Crippen LogP contribution < -0.4 is 15.4 Å². The van der Waals surface area contributed by atoms with E-state index >= 15 is 8.78 Å². The number of anilines is 1. The van der Waals surface area contributed by atoms with Gasteiger partial charge in [0.1, 0.15) is 22.8 Å². The predicted octanol–water partition coefficient (Wildman–Crippen LogP) is 8.94. The van der Waals surface area contributed by atoms with E-state index in [0.29, 0.717) is 12.3 Å². The minimum atomic E-state index is -1.83. The molecule has 0 bridgehead atoms. The van der Waals surface area contributed by atoms with Crippen molar-refractivity contribution in [1.29, 1.82) is 5.26 Å². The van der Waals surface area contributed by atoms with Crippen molar-refractivity contribution in [1.82, 2.24) is 5.32 Å². The van der Waals surface area contributed by atoms with Gasteiger partial charge in [-0.25, -0.2) is 18.4 Å². The van der Waals surface area contributed by atoms with Gasteiger partial charge in [-0.15, -0.1) is 0 Å². The average Bonchev–Trinajstić information content (AvgIpc) is 3.38. The molecule has 0 radical (unpaired) electrons. The van der Waals surface area contributed by atoms with Crippen LogP contribution >= 0.6 is 23.2 Å². The maximum atomic E-state index is 16.0. The highest BCUT2D eigenvalue weighted by Gasteiger charge is 2.61. The quantitative estimate of drug-likeness (QED) is 0.137. The molecule has 0 saturated carbocycles. The molecule has 0 spiro atoms. The molecular weight excluding hydrogens is 731 g/mol. The Morgan fingerprint density at radius 1 is 1.04 bits per heavy atom. The van der Waals surface area contributed by atoms with Gasteiger partial charge in [-0.05, 0) is 66.1 Å². The number of hydrogen-bond donors (Lipinski definition) is 2. The van der Waals surface area contributed by atoms with Gasteiger partial charge in [0.05, 0.1) is 42.1 Å². The minimum Gasteiger partial charge on any atom is -0.495 e. The third kappa shape index (κ3) is 9.57. The van der Waals surface area contributed by atoms with Crippen LogP contribution in [0.15, 0.2) is 54.6 Å². The molecule has 3 aromatic carbocycles. The Morgan fingerprint density at radius 2 is 1.75 bits per heavy atom. The van der Waals surface area contributed by atoms with Gasteiger partial charge in [0.2, 0.25) is 12.2 Å². The lowest BCUT2D eigenvalue weighted by atomic mass is 9.62. The monoisotopic (exact) mass is 773 g/mol. The maximum Gasteiger partial charge on any atom is 0.511 e. The van der Waals surface area contributed by atoms with Gasteiger partial charge >= 0.3 is 12.1 Å². The molecular formula is C39H43Cl2F2N3O7. The fraction of sp³-hybridized carbons (Fsp3) is 0.436. The molecule has 0 aromatic heterocycles. The summed E-state index contributed by atoms with van der Waals surface area (Å²) in [6, 6.07) is 12.4. The summed E-state index contributed by atoms with van der Waals surface area (Å²) in [4.78, 5) is 39.2. The summed E-state index contributed by atoms with van der Waals surface area (Å²) in [6.45, 7) is 11.2. The first-order chi connectivity index (χ1) is 24.9. The second-order valence-corrected chi connectivity index (χ2v) is 15.3. The molecule has 1 saturated heterocycles. The second kappa shape index (κ2) is 17.1. The van der Waals surface area contributed by atoms with Crippen molar-refractivity contribution in [3.8, 4) is 11.8 Å². The fourth-order valence-corrected chi connectivity index (χ4v) is 6.82. The lowest BCUT2D eigenvalue weighted by Gasteiger charge is -2.37. The molecule has 1 unspecified atom stereocenters. The second-order valence-electron chi connectivity index (χ2n) is 14.5. The van der Waals surface area contributed by atoms with Crippen LogP contribution in [-0.4, -0.2) is 50.1 Å². The van der Waals surface area contributed by atoms with E-state index in [1.807, 2.05) is 34.6 Å². The smallest absolute Gasteiger partial charge is 0.495 e. The van der Waals surface area contributed by atoms with Crippen LogP contribution in [-0.2, 0) is 24.4 Å². The Balaban J connectivity index is 1.69. The zero-order valence-electron chi connectivity index (χ0n) is 30.5. The van der Waals surface area contributed by atoms with E-state index in [0.717, 1.165) is 6.07 Å². The summed E-state index contributed by atoms with van der Waals surface area (Å²) in [6.07, 6.45) is -1.34. The highest BCUT2D eigenvalue weighted by molar-refractivity contribution is 6.31. The minimum absolute atomic E-state index is 0.00768.